The number of thiophene rings is 1. The van der Waals surface area contributed by atoms with Crippen molar-refractivity contribution in [1.82, 2.24) is 20.1 Å². The van der Waals surface area contributed by atoms with Gasteiger partial charge in [-0.15, -0.1) is 11.3 Å². The number of hydrogen-bond donors (Lipinski definition) is 2. The smallest absolute Gasteiger partial charge is 0.276 e. The number of H-pyrrole nitrogens is 1. The fourth-order valence-electron chi connectivity index (χ4n) is 2.34. The quantitative estimate of drug-likeness (QED) is 0.742. The van der Waals surface area contributed by atoms with Crippen LogP contribution in [0.3, 0.4) is 0 Å². The zero-order valence-electron chi connectivity index (χ0n) is 11.0. The van der Waals surface area contributed by atoms with Gasteiger partial charge in [-0.1, -0.05) is 5.16 Å². The van der Waals surface area contributed by atoms with Gasteiger partial charge in [-0.3, -0.25) is 0 Å². The van der Waals surface area contributed by atoms with Crippen molar-refractivity contribution in [3.05, 3.63) is 27.9 Å². The van der Waals surface area contributed by atoms with Crippen molar-refractivity contribution in [2.75, 3.05) is 0 Å². The largest absolute Gasteiger partial charge is 0.336 e. The van der Waals surface area contributed by atoms with Crippen LogP contribution in [0.1, 0.15) is 25.1 Å². The fraction of sp³-hybridized carbons (Fsp3) is 0.308. The first-order valence-corrected chi connectivity index (χ1v) is 8.19. The summed E-state index contributed by atoms with van der Waals surface area (Å²) in [5.41, 5.74) is 6.64. The van der Waals surface area contributed by atoms with Gasteiger partial charge in [0.25, 0.3) is 5.89 Å². The van der Waals surface area contributed by atoms with Crippen LogP contribution in [0.15, 0.2) is 26.6 Å². The molecule has 1 saturated carbocycles. The molecule has 4 rings (SSSR count). The molecule has 0 unspecified atom stereocenters. The van der Waals surface area contributed by atoms with Crippen LogP contribution in [0.2, 0.25) is 0 Å². The molecular formula is C13H12BrN5OS. The van der Waals surface area contributed by atoms with Crippen molar-refractivity contribution in [2.24, 2.45) is 5.73 Å². The Morgan fingerprint density at radius 2 is 2.24 bits per heavy atom. The molecule has 0 spiro atoms. The number of aromatic amines is 1. The summed E-state index contributed by atoms with van der Waals surface area (Å²) in [4.78, 5) is 12.9. The summed E-state index contributed by atoms with van der Waals surface area (Å²) >= 11 is 4.98. The Balaban J connectivity index is 1.64. The van der Waals surface area contributed by atoms with E-state index in [2.05, 4.69) is 36.0 Å². The van der Waals surface area contributed by atoms with Crippen LogP contribution in [0.4, 0.5) is 0 Å². The van der Waals surface area contributed by atoms with Gasteiger partial charge >= 0.3 is 0 Å². The van der Waals surface area contributed by atoms with Crippen LogP contribution in [-0.2, 0) is 5.54 Å². The highest BCUT2D eigenvalue weighted by Gasteiger charge is 2.37. The minimum atomic E-state index is -0.320. The predicted octanol–water partition coefficient (Wildman–Crippen LogP) is 3.29. The predicted molar refractivity (Wildman–Crippen MR) is 82.6 cm³/mol. The molecular weight excluding hydrogens is 354 g/mol. The van der Waals surface area contributed by atoms with Gasteiger partial charge in [0.15, 0.2) is 0 Å². The second-order valence-electron chi connectivity index (χ2n) is 5.18. The Morgan fingerprint density at radius 3 is 2.90 bits per heavy atom. The fourth-order valence-corrected chi connectivity index (χ4v) is 3.66. The van der Waals surface area contributed by atoms with E-state index in [1.165, 1.54) is 0 Å². The molecule has 0 radical (unpaired) electrons. The lowest BCUT2D eigenvalue weighted by atomic mass is 9.77. The first-order valence-electron chi connectivity index (χ1n) is 6.58. The van der Waals surface area contributed by atoms with E-state index in [-0.39, 0.29) is 5.54 Å². The van der Waals surface area contributed by atoms with E-state index in [4.69, 9.17) is 10.3 Å². The summed E-state index contributed by atoms with van der Waals surface area (Å²) in [6.45, 7) is 0. The molecule has 0 saturated heterocycles. The number of imidazole rings is 1. The summed E-state index contributed by atoms with van der Waals surface area (Å²) in [7, 11) is 0. The number of halogens is 1. The molecule has 108 valence electrons. The van der Waals surface area contributed by atoms with Crippen molar-refractivity contribution < 1.29 is 4.52 Å². The lowest BCUT2D eigenvalue weighted by Gasteiger charge is -2.35. The summed E-state index contributed by atoms with van der Waals surface area (Å²) < 4.78 is 6.34. The first-order chi connectivity index (χ1) is 10.1. The molecule has 3 aromatic heterocycles. The zero-order chi connectivity index (χ0) is 14.4. The van der Waals surface area contributed by atoms with Gasteiger partial charge in [0.05, 0.1) is 20.4 Å². The van der Waals surface area contributed by atoms with Gasteiger partial charge in [-0.2, -0.15) is 4.98 Å². The van der Waals surface area contributed by atoms with E-state index in [1.54, 1.807) is 17.5 Å². The van der Waals surface area contributed by atoms with E-state index in [9.17, 15) is 0 Å². The maximum absolute atomic E-state index is 6.25. The first kappa shape index (κ1) is 13.2. The van der Waals surface area contributed by atoms with E-state index < -0.39 is 0 Å². The topological polar surface area (TPSA) is 93.6 Å². The third kappa shape index (κ3) is 2.23. The average molecular weight is 366 g/mol. The molecule has 21 heavy (non-hydrogen) atoms. The number of rotatable bonds is 3. The summed E-state index contributed by atoms with van der Waals surface area (Å²) in [6, 6.07) is 3.91. The number of nitrogens with zero attached hydrogens (tertiary/aromatic N) is 3. The Kier molecular flexibility index (Phi) is 2.98. The maximum Gasteiger partial charge on any atom is 0.276 e. The van der Waals surface area contributed by atoms with Gasteiger partial charge in [0.1, 0.15) is 11.5 Å². The van der Waals surface area contributed by atoms with Crippen LogP contribution in [0.25, 0.3) is 22.3 Å². The van der Waals surface area contributed by atoms with E-state index in [0.29, 0.717) is 17.4 Å². The molecule has 0 bridgehead atoms. The third-order valence-electron chi connectivity index (χ3n) is 3.74. The average Bonchev–Trinajstić information content (AvgIpc) is 3.14. The van der Waals surface area contributed by atoms with Crippen molar-refractivity contribution in [2.45, 2.75) is 24.8 Å². The molecule has 3 N–H and O–H groups in total. The molecule has 0 aliphatic heterocycles. The molecule has 6 nitrogen and oxygen atoms in total. The van der Waals surface area contributed by atoms with Crippen molar-refractivity contribution in [3.63, 3.8) is 0 Å². The lowest BCUT2D eigenvalue weighted by molar-refractivity contribution is 0.240. The number of aromatic nitrogens is 4. The Morgan fingerprint density at radius 1 is 1.38 bits per heavy atom. The molecule has 1 aliphatic carbocycles. The van der Waals surface area contributed by atoms with Gasteiger partial charge in [-0.25, -0.2) is 4.98 Å². The summed E-state index contributed by atoms with van der Waals surface area (Å²) in [6.07, 6.45) is 4.75. The number of nitrogens with one attached hydrogen (secondary N) is 1. The van der Waals surface area contributed by atoms with E-state index in [1.807, 2.05) is 12.1 Å². The molecule has 1 fully saturated rings. The lowest BCUT2D eigenvalue weighted by Crippen LogP contribution is -2.44. The molecule has 8 heteroatoms. The Hall–Kier alpha value is -1.51. The highest BCUT2D eigenvalue weighted by Crippen LogP contribution is 2.37. The molecule has 3 heterocycles. The van der Waals surface area contributed by atoms with Crippen LogP contribution < -0.4 is 5.73 Å². The van der Waals surface area contributed by atoms with E-state index >= 15 is 0 Å². The standard InChI is InChI=1S/C13H12BrN5OS/c14-9-3-2-8(21-9)10-18-11(20-19-10)7-6-16-12(17-7)13(15)4-1-5-13/h2-3,6H,1,4-5,15H2,(H,16,17). The van der Waals surface area contributed by atoms with Crippen molar-refractivity contribution >= 4 is 27.3 Å². The SMILES string of the molecule is NC1(c2ncc(-c3nc(-c4ccc(Br)s4)no3)[nH]2)CCC1. The second kappa shape index (κ2) is 4.75. The Bertz CT molecular complexity index is 788. The highest BCUT2D eigenvalue weighted by molar-refractivity contribution is 9.11. The van der Waals surface area contributed by atoms with Crippen molar-refractivity contribution in [1.29, 1.82) is 0 Å². The summed E-state index contributed by atoms with van der Waals surface area (Å²) in [5.74, 6) is 1.79. The zero-order valence-corrected chi connectivity index (χ0v) is 13.4. The van der Waals surface area contributed by atoms with Crippen LogP contribution in [-0.4, -0.2) is 20.1 Å². The third-order valence-corrected chi connectivity index (χ3v) is 5.36. The monoisotopic (exact) mass is 365 g/mol. The van der Waals surface area contributed by atoms with Gasteiger partial charge in [0.2, 0.25) is 5.82 Å². The molecule has 0 amide bonds. The van der Waals surface area contributed by atoms with Gasteiger partial charge < -0.3 is 15.2 Å². The molecule has 3 aromatic rings. The van der Waals surface area contributed by atoms with Gasteiger partial charge in [0, 0.05) is 0 Å². The Labute approximate surface area is 132 Å². The summed E-state index contributed by atoms with van der Waals surface area (Å²) in [5, 5.41) is 4.01. The molecule has 0 atom stereocenters. The maximum atomic E-state index is 6.25. The minimum absolute atomic E-state index is 0.320. The number of nitrogens with two attached hydrogens (primary N) is 1. The van der Waals surface area contributed by atoms with Gasteiger partial charge in [-0.05, 0) is 47.3 Å². The van der Waals surface area contributed by atoms with Crippen LogP contribution in [0, 0.1) is 0 Å². The molecule has 1 aliphatic rings. The highest BCUT2D eigenvalue weighted by atomic mass is 79.9. The van der Waals surface area contributed by atoms with Crippen molar-refractivity contribution in [3.8, 4) is 22.3 Å². The van der Waals surface area contributed by atoms with E-state index in [0.717, 1.165) is 33.8 Å². The van der Waals surface area contributed by atoms with Crippen LogP contribution in [0.5, 0.6) is 0 Å². The normalized spacial score (nSPS) is 16.9. The minimum Gasteiger partial charge on any atom is -0.336 e. The van der Waals surface area contributed by atoms with Crippen LogP contribution >= 0.6 is 27.3 Å². The number of hydrogen-bond acceptors (Lipinski definition) is 6. The molecule has 0 aromatic carbocycles. The second-order valence-corrected chi connectivity index (χ2v) is 7.65.